The van der Waals surface area contributed by atoms with Gasteiger partial charge in [-0.3, -0.25) is 4.79 Å². The molecule has 0 radical (unpaired) electrons. The molecular formula is C23H28N4O2. The Bertz CT molecular complexity index is 932. The average molecular weight is 393 g/mol. The minimum Gasteiger partial charge on any atom is -0.446 e. The lowest BCUT2D eigenvalue weighted by atomic mass is 10.0. The van der Waals surface area contributed by atoms with Crippen molar-refractivity contribution in [1.29, 1.82) is 0 Å². The molecule has 6 heteroatoms. The summed E-state index contributed by atoms with van der Waals surface area (Å²) in [6.45, 7) is 4.09. The largest absolute Gasteiger partial charge is 0.446 e. The van der Waals surface area contributed by atoms with Gasteiger partial charge in [0.05, 0.1) is 6.04 Å². The topological polar surface area (TPSA) is 107 Å². The van der Waals surface area contributed by atoms with Gasteiger partial charge in [0.2, 0.25) is 5.89 Å². The number of nitrogen functional groups attached to an aromatic ring is 1. The first-order valence-electron chi connectivity index (χ1n) is 9.92. The maximum atomic E-state index is 12.4. The fourth-order valence-corrected chi connectivity index (χ4v) is 2.97. The van der Waals surface area contributed by atoms with Gasteiger partial charge < -0.3 is 21.2 Å². The second-order valence-corrected chi connectivity index (χ2v) is 7.37. The Morgan fingerprint density at radius 1 is 1.07 bits per heavy atom. The lowest BCUT2D eigenvalue weighted by molar-refractivity contribution is 0.102. The molecule has 1 aromatic heterocycles. The minimum absolute atomic E-state index is 0.227. The summed E-state index contributed by atoms with van der Waals surface area (Å²) in [6, 6.07) is 15.4. The number of aromatic nitrogens is 1. The summed E-state index contributed by atoms with van der Waals surface area (Å²) in [4.78, 5) is 16.7. The summed E-state index contributed by atoms with van der Waals surface area (Å²) < 4.78 is 5.40. The molecule has 6 nitrogen and oxygen atoms in total. The molecule has 2 atom stereocenters. The molecule has 1 heterocycles. The van der Waals surface area contributed by atoms with Crippen LogP contribution in [0, 0.1) is 5.92 Å². The number of carbonyl (C=O) groups is 1. The van der Waals surface area contributed by atoms with Crippen molar-refractivity contribution in [2.75, 3.05) is 11.1 Å². The Hall–Kier alpha value is -3.12. The highest BCUT2D eigenvalue weighted by atomic mass is 16.3. The van der Waals surface area contributed by atoms with Gasteiger partial charge in [-0.2, -0.15) is 0 Å². The van der Waals surface area contributed by atoms with Crippen molar-refractivity contribution in [3.63, 3.8) is 0 Å². The van der Waals surface area contributed by atoms with Crippen molar-refractivity contribution in [2.24, 2.45) is 11.7 Å². The van der Waals surface area contributed by atoms with Crippen LogP contribution >= 0.6 is 0 Å². The third-order valence-corrected chi connectivity index (χ3v) is 5.19. The molecule has 0 aliphatic carbocycles. The lowest BCUT2D eigenvalue weighted by Gasteiger charge is -2.13. The molecule has 3 rings (SSSR count). The number of nitrogens with two attached hydrogens (primary N) is 2. The molecule has 0 aliphatic heterocycles. The van der Waals surface area contributed by atoms with E-state index in [-0.39, 0.29) is 23.6 Å². The van der Waals surface area contributed by atoms with E-state index in [4.69, 9.17) is 15.9 Å². The Balaban J connectivity index is 1.56. The lowest BCUT2D eigenvalue weighted by Crippen LogP contribution is -2.19. The molecule has 0 spiro atoms. The van der Waals surface area contributed by atoms with E-state index in [0.29, 0.717) is 11.6 Å². The summed E-state index contributed by atoms with van der Waals surface area (Å²) in [6.07, 6.45) is 4.12. The summed E-state index contributed by atoms with van der Waals surface area (Å²) >= 11 is 0. The number of nitrogens with zero attached hydrogens (tertiary/aromatic N) is 1. The molecule has 0 bridgehead atoms. The SMILES string of the molecule is CCC(C)C(N)c1nc(C(=O)Nc2ccc(CCc3ccc(N)cc3)cc2)co1. The highest BCUT2D eigenvalue weighted by molar-refractivity contribution is 6.02. The number of anilines is 2. The van der Waals surface area contributed by atoms with Crippen LogP contribution in [0.2, 0.25) is 0 Å². The third-order valence-electron chi connectivity index (χ3n) is 5.19. The normalized spacial score (nSPS) is 13.1. The average Bonchev–Trinajstić information content (AvgIpc) is 3.23. The molecule has 2 aromatic carbocycles. The number of nitrogens with one attached hydrogen (secondary N) is 1. The number of amides is 1. The summed E-state index contributed by atoms with van der Waals surface area (Å²) in [5.41, 5.74) is 16.0. The number of carbonyl (C=O) groups excluding carboxylic acids is 1. The van der Waals surface area contributed by atoms with Crippen molar-refractivity contribution < 1.29 is 9.21 Å². The number of rotatable bonds is 8. The number of hydrogen-bond donors (Lipinski definition) is 3. The third kappa shape index (κ3) is 5.45. The van der Waals surface area contributed by atoms with E-state index in [1.54, 1.807) is 0 Å². The highest BCUT2D eigenvalue weighted by Crippen LogP contribution is 2.21. The van der Waals surface area contributed by atoms with Gasteiger partial charge in [0.25, 0.3) is 5.91 Å². The zero-order valence-electron chi connectivity index (χ0n) is 16.9. The number of hydrogen-bond acceptors (Lipinski definition) is 5. The van der Waals surface area contributed by atoms with Gasteiger partial charge in [-0.25, -0.2) is 4.98 Å². The first-order chi connectivity index (χ1) is 14.0. The maximum Gasteiger partial charge on any atom is 0.277 e. The van der Waals surface area contributed by atoms with Crippen LogP contribution in [0.3, 0.4) is 0 Å². The molecule has 0 aliphatic rings. The van der Waals surface area contributed by atoms with E-state index in [2.05, 4.69) is 17.2 Å². The molecule has 152 valence electrons. The van der Waals surface area contributed by atoms with Crippen LogP contribution in [-0.4, -0.2) is 10.9 Å². The minimum atomic E-state index is -0.318. The van der Waals surface area contributed by atoms with E-state index < -0.39 is 0 Å². The molecule has 2 unspecified atom stereocenters. The molecule has 5 N–H and O–H groups in total. The van der Waals surface area contributed by atoms with Crippen molar-refractivity contribution in [3.8, 4) is 0 Å². The summed E-state index contributed by atoms with van der Waals surface area (Å²) in [7, 11) is 0. The Morgan fingerprint density at radius 2 is 1.66 bits per heavy atom. The van der Waals surface area contributed by atoms with E-state index >= 15 is 0 Å². The van der Waals surface area contributed by atoms with Crippen LogP contribution in [0.25, 0.3) is 0 Å². The first-order valence-corrected chi connectivity index (χ1v) is 9.92. The fraction of sp³-hybridized carbons (Fsp3) is 0.304. The summed E-state index contributed by atoms with van der Waals surface area (Å²) in [5, 5.41) is 2.84. The zero-order valence-corrected chi connectivity index (χ0v) is 16.9. The Morgan fingerprint density at radius 3 is 2.24 bits per heavy atom. The molecule has 0 fully saturated rings. The van der Waals surface area contributed by atoms with E-state index in [9.17, 15) is 4.79 Å². The quantitative estimate of drug-likeness (QED) is 0.494. The molecule has 3 aromatic rings. The number of oxazole rings is 1. The molecule has 0 saturated heterocycles. The van der Waals surface area contributed by atoms with Crippen molar-refractivity contribution in [2.45, 2.75) is 39.2 Å². The number of aryl methyl sites for hydroxylation is 2. The van der Waals surface area contributed by atoms with Crippen LogP contribution in [0.5, 0.6) is 0 Å². The molecule has 29 heavy (non-hydrogen) atoms. The summed E-state index contributed by atoms with van der Waals surface area (Å²) in [5.74, 6) is 0.304. The smallest absolute Gasteiger partial charge is 0.277 e. The van der Waals surface area contributed by atoms with Gasteiger partial charge >= 0.3 is 0 Å². The zero-order chi connectivity index (χ0) is 20.8. The van der Waals surface area contributed by atoms with Gasteiger partial charge in [0.1, 0.15) is 6.26 Å². The van der Waals surface area contributed by atoms with Gasteiger partial charge in [-0.05, 0) is 54.2 Å². The van der Waals surface area contributed by atoms with Gasteiger partial charge in [-0.15, -0.1) is 0 Å². The predicted molar refractivity (Wildman–Crippen MR) is 116 cm³/mol. The molecular weight excluding hydrogens is 364 g/mol. The van der Waals surface area contributed by atoms with E-state index in [1.807, 2.05) is 55.5 Å². The second kappa shape index (κ2) is 9.39. The highest BCUT2D eigenvalue weighted by Gasteiger charge is 2.21. The van der Waals surface area contributed by atoms with Crippen LogP contribution in [0.4, 0.5) is 11.4 Å². The second-order valence-electron chi connectivity index (χ2n) is 7.37. The van der Waals surface area contributed by atoms with Crippen LogP contribution in [0.1, 0.15) is 53.8 Å². The van der Waals surface area contributed by atoms with Crippen LogP contribution in [-0.2, 0) is 12.8 Å². The van der Waals surface area contributed by atoms with E-state index in [0.717, 1.165) is 24.9 Å². The standard InChI is InChI=1S/C23H28N4O2/c1-3-15(2)21(25)23-27-20(14-29-23)22(28)26-19-12-8-17(9-13-19)5-4-16-6-10-18(24)11-7-16/h6-15,21H,3-5,24-25H2,1-2H3,(H,26,28). The molecule has 0 saturated carbocycles. The van der Waals surface area contributed by atoms with Gasteiger partial charge in [0, 0.05) is 11.4 Å². The predicted octanol–water partition coefficient (Wildman–Crippen LogP) is 4.34. The number of benzene rings is 2. The Labute approximate surface area is 171 Å². The fourth-order valence-electron chi connectivity index (χ4n) is 2.97. The molecule has 1 amide bonds. The first kappa shape index (κ1) is 20.6. The van der Waals surface area contributed by atoms with Gasteiger partial charge in [0.15, 0.2) is 5.69 Å². The Kier molecular flexibility index (Phi) is 6.67. The van der Waals surface area contributed by atoms with Gasteiger partial charge in [-0.1, -0.05) is 44.5 Å². The monoisotopic (exact) mass is 392 g/mol. The van der Waals surface area contributed by atoms with Crippen molar-refractivity contribution in [3.05, 3.63) is 77.5 Å². The van der Waals surface area contributed by atoms with Crippen LogP contribution < -0.4 is 16.8 Å². The van der Waals surface area contributed by atoms with E-state index in [1.165, 1.54) is 17.4 Å². The van der Waals surface area contributed by atoms with Crippen molar-refractivity contribution >= 4 is 17.3 Å². The maximum absolute atomic E-state index is 12.4. The van der Waals surface area contributed by atoms with Crippen molar-refractivity contribution in [1.82, 2.24) is 4.98 Å². The van der Waals surface area contributed by atoms with Crippen LogP contribution in [0.15, 0.2) is 59.2 Å².